The quantitative estimate of drug-likeness (QED) is 0.483. The number of ether oxygens (including phenoxy) is 1. The Kier molecular flexibility index (Phi) is 4.13. The van der Waals surface area contributed by atoms with Gasteiger partial charge in [0.25, 0.3) is 0 Å². The van der Waals surface area contributed by atoms with Crippen molar-refractivity contribution in [3.8, 4) is 0 Å². The standard InChI is InChI=1S/C14H20N10O3/c1-4-24-20-11(19-21-24)9-7(25)8(26)13(27-9)23-5-16-6-10(15)17-14(22(2)3)18-12(6)23/h5,7-9,13,25-26H,4H2,1-3H3,(H2,15,17,18)/t7-,8+,9-,13+/m0/s1. The number of nitrogens with zero attached hydrogens (tertiary/aromatic N) is 9. The van der Waals surface area contributed by atoms with E-state index in [0.717, 1.165) is 0 Å². The SMILES string of the molecule is CCn1nnc([C@H]2O[C@@H](n3cnc4c(N)nc(N(C)C)nc43)[C@H](O)[C@@H]2O)n1. The number of anilines is 2. The highest BCUT2D eigenvalue weighted by Gasteiger charge is 2.47. The predicted molar refractivity (Wildman–Crippen MR) is 92.4 cm³/mol. The van der Waals surface area contributed by atoms with E-state index in [1.807, 2.05) is 6.92 Å². The van der Waals surface area contributed by atoms with Crippen LogP contribution >= 0.6 is 0 Å². The third-order valence-electron chi connectivity index (χ3n) is 4.35. The van der Waals surface area contributed by atoms with Crippen molar-refractivity contribution in [1.29, 1.82) is 0 Å². The van der Waals surface area contributed by atoms with E-state index in [1.54, 1.807) is 19.0 Å². The molecule has 4 rings (SSSR count). The van der Waals surface area contributed by atoms with Gasteiger partial charge in [0.15, 0.2) is 23.8 Å². The first kappa shape index (κ1) is 17.5. The Morgan fingerprint density at radius 2 is 2.04 bits per heavy atom. The first-order valence-electron chi connectivity index (χ1n) is 8.37. The topological polar surface area (TPSA) is 166 Å². The van der Waals surface area contributed by atoms with Crippen molar-refractivity contribution in [3.05, 3.63) is 12.2 Å². The summed E-state index contributed by atoms with van der Waals surface area (Å²) in [7, 11) is 3.56. The molecular formula is C14H20N10O3. The van der Waals surface area contributed by atoms with Crippen LogP contribution in [-0.4, -0.2) is 76.2 Å². The molecule has 0 spiro atoms. The van der Waals surface area contributed by atoms with Crippen LogP contribution < -0.4 is 10.6 Å². The van der Waals surface area contributed by atoms with Gasteiger partial charge in [-0.05, 0) is 12.1 Å². The molecular weight excluding hydrogens is 356 g/mol. The van der Waals surface area contributed by atoms with Gasteiger partial charge in [-0.15, -0.1) is 10.2 Å². The number of imidazole rings is 1. The molecule has 1 aliphatic heterocycles. The van der Waals surface area contributed by atoms with Crippen LogP contribution in [0.2, 0.25) is 0 Å². The highest BCUT2D eigenvalue weighted by atomic mass is 16.6. The normalized spacial score (nSPS) is 25.4. The van der Waals surface area contributed by atoms with Gasteiger partial charge in [0.05, 0.1) is 12.9 Å². The Morgan fingerprint density at radius 3 is 2.70 bits per heavy atom. The van der Waals surface area contributed by atoms with E-state index in [9.17, 15) is 10.2 Å². The van der Waals surface area contributed by atoms with E-state index in [2.05, 4.69) is 30.4 Å². The zero-order chi connectivity index (χ0) is 19.3. The maximum atomic E-state index is 10.5. The second kappa shape index (κ2) is 6.37. The van der Waals surface area contributed by atoms with Crippen molar-refractivity contribution in [1.82, 2.24) is 39.7 Å². The summed E-state index contributed by atoms with van der Waals surface area (Å²) in [5, 5.41) is 32.9. The summed E-state index contributed by atoms with van der Waals surface area (Å²) in [5.74, 6) is 0.789. The van der Waals surface area contributed by atoms with Crippen molar-refractivity contribution in [3.63, 3.8) is 0 Å². The van der Waals surface area contributed by atoms with E-state index < -0.39 is 24.5 Å². The van der Waals surface area contributed by atoms with Crippen LogP contribution in [0.1, 0.15) is 25.1 Å². The van der Waals surface area contributed by atoms with Gasteiger partial charge in [0.2, 0.25) is 11.8 Å². The molecule has 0 aromatic carbocycles. The van der Waals surface area contributed by atoms with Gasteiger partial charge < -0.3 is 25.6 Å². The fourth-order valence-corrected chi connectivity index (χ4v) is 2.92. The number of tetrazole rings is 1. The summed E-state index contributed by atoms with van der Waals surface area (Å²) >= 11 is 0. The fraction of sp³-hybridized carbons (Fsp3) is 0.571. The molecule has 144 valence electrons. The molecule has 0 aliphatic carbocycles. The second-order valence-electron chi connectivity index (χ2n) is 6.39. The molecule has 4 N–H and O–H groups in total. The van der Waals surface area contributed by atoms with Crippen LogP contribution in [0.3, 0.4) is 0 Å². The number of fused-ring (bicyclic) bond motifs is 1. The molecule has 0 bridgehead atoms. The molecule has 0 radical (unpaired) electrons. The lowest BCUT2D eigenvalue weighted by Crippen LogP contribution is -2.29. The Balaban J connectivity index is 1.73. The molecule has 3 aromatic heterocycles. The molecule has 3 aromatic rings. The highest BCUT2D eigenvalue weighted by molar-refractivity contribution is 5.83. The zero-order valence-corrected chi connectivity index (χ0v) is 15.0. The van der Waals surface area contributed by atoms with Crippen LogP contribution in [0, 0.1) is 0 Å². The number of nitrogen functional groups attached to an aromatic ring is 1. The van der Waals surface area contributed by atoms with Crippen LogP contribution in [-0.2, 0) is 11.3 Å². The van der Waals surface area contributed by atoms with Crippen molar-refractivity contribution in [2.24, 2.45) is 0 Å². The smallest absolute Gasteiger partial charge is 0.228 e. The fourth-order valence-electron chi connectivity index (χ4n) is 2.92. The van der Waals surface area contributed by atoms with Crippen molar-refractivity contribution in [2.45, 2.75) is 38.0 Å². The number of aliphatic hydroxyl groups is 2. The minimum absolute atomic E-state index is 0.193. The Bertz CT molecular complexity index is 969. The Hall–Kier alpha value is -2.90. The van der Waals surface area contributed by atoms with Gasteiger partial charge in [-0.1, -0.05) is 0 Å². The van der Waals surface area contributed by atoms with E-state index in [-0.39, 0.29) is 11.6 Å². The lowest BCUT2D eigenvalue weighted by atomic mass is 10.1. The van der Waals surface area contributed by atoms with E-state index in [1.165, 1.54) is 15.7 Å². The molecule has 1 fully saturated rings. The molecule has 27 heavy (non-hydrogen) atoms. The van der Waals surface area contributed by atoms with E-state index in [0.29, 0.717) is 23.7 Å². The van der Waals surface area contributed by atoms with Gasteiger partial charge in [-0.2, -0.15) is 14.8 Å². The van der Waals surface area contributed by atoms with Crippen LogP contribution in [0.5, 0.6) is 0 Å². The zero-order valence-electron chi connectivity index (χ0n) is 15.0. The first-order chi connectivity index (χ1) is 12.9. The number of aryl methyl sites for hydroxylation is 1. The summed E-state index contributed by atoms with van der Waals surface area (Å²) in [5.41, 5.74) is 6.73. The third-order valence-corrected chi connectivity index (χ3v) is 4.35. The molecule has 0 unspecified atom stereocenters. The molecule has 13 heteroatoms. The second-order valence-corrected chi connectivity index (χ2v) is 6.39. The van der Waals surface area contributed by atoms with Crippen LogP contribution in [0.4, 0.5) is 11.8 Å². The minimum Gasteiger partial charge on any atom is -0.387 e. The highest BCUT2D eigenvalue weighted by Crippen LogP contribution is 2.38. The molecule has 1 saturated heterocycles. The van der Waals surface area contributed by atoms with Crippen molar-refractivity contribution in [2.75, 3.05) is 24.7 Å². The number of aliphatic hydroxyl groups excluding tert-OH is 2. The van der Waals surface area contributed by atoms with Crippen molar-refractivity contribution < 1.29 is 14.9 Å². The van der Waals surface area contributed by atoms with Gasteiger partial charge in [-0.3, -0.25) is 4.57 Å². The van der Waals surface area contributed by atoms with Gasteiger partial charge in [-0.25, -0.2) is 4.98 Å². The summed E-state index contributed by atoms with van der Waals surface area (Å²) in [6.45, 7) is 2.39. The van der Waals surface area contributed by atoms with Crippen molar-refractivity contribution >= 4 is 22.9 Å². The molecule has 4 atom stereocenters. The van der Waals surface area contributed by atoms with Gasteiger partial charge in [0, 0.05) is 14.1 Å². The number of hydrogen-bond acceptors (Lipinski definition) is 11. The van der Waals surface area contributed by atoms with E-state index in [4.69, 9.17) is 10.5 Å². The molecule has 0 amide bonds. The third kappa shape index (κ3) is 2.75. The molecule has 4 heterocycles. The lowest BCUT2D eigenvalue weighted by Gasteiger charge is -2.17. The van der Waals surface area contributed by atoms with Gasteiger partial charge >= 0.3 is 0 Å². The van der Waals surface area contributed by atoms with Crippen LogP contribution in [0.15, 0.2) is 6.33 Å². The minimum atomic E-state index is -1.25. The summed E-state index contributed by atoms with van der Waals surface area (Å²) in [6, 6.07) is 0. The Morgan fingerprint density at radius 1 is 1.26 bits per heavy atom. The van der Waals surface area contributed by atoms with Crippen LogP contribution in [0.25, 0.3) is 11.2 Å². The summed E-state index contributed by atoms with van der Waals surface area (Å²) in [4.78, 5) is 15.9. The molecule has 13 nitrogen and oxygen atoms in total. The number of aromatic nitrogens is 8. The summed E-state index contributed by atoms with van der Waals surface area (Å²) in [6.07, 6.45) is -2.94. The molecule has 0 saturated carbocycles. The molecule has 1 aliphatic rings. The van der Waals surface area contributed by atoms with E-state index >= 15 is 0 Å². The average molecular weight is 376 g/mol. The average Bonchev–Trinajstić information content (AvgIpc) is 3.34. The number of rotatable bonds is 4. The monoisotopic (exact) mass is 376 g/mol. The maximum absolute atomic E-state index is 10.5. The predicted octanol–water partition coefficient (Wildman–Crippen LogP) is -1.53. The first-order valence-corrected chi connectivity index (χ1v) is 8.37. The Labute approximate surface area is 153 Å². The number of hydrogen-bond donors (Lipinski definition) is 3. The largest absolute Gasteiger partial charge is 0.387 e. The maximum Gasteiger partial charge on any atom is 0.228 e. The number of nitrogens with two attached hydrogens (primary N) is 1. The van der Waals surface area contributed by atoms with Gasteiger partial charge in [0.1, 0.15) is 17.7 Å². The lowest BCUT2D eigenvalue weighted by molar-refractivity contribution is -0.0384. The summed E-state index contributed by atoms with van der Waals surface area (Å²) < 4.78 is 7.36.